The summed E-state index contributed by atoms with van der Waals surface area (Å²) in [6.07, 6.45) is 3.97. The topological polar surface area (TPSA) is 65.4 Å². The van der Waals surface area contributed by atoms with Crippen LogP contribution in [-0.2, 0) is 19.6 Å². The number of nitrogens with zero attached hydrogens (tertiary/aromatic N) is 1. The Morgan fingerprint density at radius 3 is 2.56 bits per heavy atom. The van der Waals surface area contributed by atoms with E-state index in [0.29, 0.717) is 16.5 Å². The molecule has 0 radical (unpaired) electrons. The number of hydrogen-bond acceptors (Lipinski definition) is 4. The van der Waals surface area contributed by atoms with Crippen LogP contribution in [0.3, 0.4) is 0 Å². The normalized spacial score (nSPS) is 12.0. The lowest BCUT2D eigenvalue weighted by Crippen LogP contribution is -2.11. The summed E-state index contributed by atoms with van der Waals surface area (Å²) in [4.78, 5) is 11.7. The first-order valence-electron chi connectivity index (χ1n) is 8.30. The largest absolute Gasteiger partial charge is 0.463 e. The van der Waals surface area contributed by atoms with Gasteiger partial charge in [-0.05, 0) is 50.3 Å². The van der Waals surface area contributed by atoms with Crippen LogP contribution in [-0.4, -0.2) is 25.0 Å². The van der Waals surface area contributed by atoms with E-state index >= 15 is 0 Å². The van der Waals surface area contributed by atoms with Crippen LogP contribution in [0, 0.1) is 12.7 Å². The Hall–Kier alpha value is -2.93. The van der Waals surface area contributed by atoms with Gasteiger partial charge in [-0.15, -0.1) is 0 Å². The molecule has 7 heteroatoms. The highest BCUT2D eigenvalue weighted by Gasteiger charge is 2.21. The van der Waals surface area contributed by atoms with Gasteiger partial charge in [0.05, 0.1) is 17.0 Å². The zero-order valence-electron chi connectivity index (χ0n) is 14.8. The highest BCUT2D eigenvalue weighted by Crippen LogP contribution is 2.28. The minimum Gasteiger partial charge on any atom is -0.463 e. The molecule has 5 nitrogen and oxygen atoms in total. The second-order valence-electron chi connectivity index (χ2n) is 5.95. The molecule has 0 aliphatic rings. The molecule has 0 aliphatic heterocycles. The number of aromatic nitrogens is 1. The zero-order chi connectivity index (χ0) is 19.6. The third-order valence-corrected chi connectivity index (χ3v) is 5.71. The zero-order valence-corrected chi connectivity index (χ0v) is 15.7. The Balaban J connectivity index is 2.16. The summed E-state index contributed by atoms with van der Waals surface area (Å²) in [6.45, 7) is 3.77. The van der Waals surface area contributed by atoms with Crippen LogP contribution in [0.25, 0.3) is 17.0 Å². The van der Waals surface area contributed by atoms with Crippen LogP contribution in [0.5, 0.6) is 0 Å². The molecular formula is C20H18FNO4S. The van der Waals surface area contributed by atoms with E-state index in [9.17, 15) is 17.6 Å². The van der Waals surface area contributed by atoms with Crippen molar-refractivity contribution >= 4 is 33.0 Å². The van der Waals surface area contributed by atoms with E-state index in [0.717, 1.165) is 9.54 Å². The second-order valence-corrected chi connectivity index (χ2v) is 7.76. The molecule has 0 atom stereocenters. The molecule has 0 saturated heterocycles. The number of carbonyl (C=O) groups excluding carboxylic acids is 1. The Kier molecular flexibility index (Phi) is 5.14. The third-order valence-electron chi connectivity index (χ3n) is 4.03. The maximum atomic E-state index is 13.7. The molecule has 1 aromatic heterocycles. The molecule has 1 heterocycles. The summed E-state index contributed by atoms with van der Waals surface area (Å²) in [7, 11) is -3.88. The van der Waals surface area contributed by atoms with Crippen molar-refractivity contribution < 1.29 is 22.3 Å². The molecule has 0 amide bonds. The van der Waals surface area contributed by atoms with Crippen LogP contribution in [0.1, 0.15) is 18.1 Å². The first-order chi connectivity index (χ1) is 12.8. The second kappa shape index (κ2) is 7.36. The number of aryl methyl sites for hydroxylation is 1. The highest BCUT2D eigenvalue weighted by molar-refractivity contribution is 7.90. The van der Waals surface area contributed by atoms with Gasteiger partial charge in [0.25, 0.3) is 10.0 Å². The van der Waals surface area contributed by atoms with Crippen LogP contribution < -0.4 is 0 Å². The summed E-state index contributed by atoms with van der Waals surface area (Å²) in [5, 5.41) is 0.381. The first kappa shape index (κ1) is 18.8. The summed E-state index contributed by atoms with van der Waals surface area (Å²) in [6, 6.07) is 10.3. The van der Waals surface area contributed by atoms with E-state index in [-0.39, 0.29) is 11.5 Å². The van der Waals surface area contributed by atoms with Gasteiger partial charge in [-0.2, -0.15) is 0 Å². The maximum absolute atomic E-state index is 13.7. The van der Waals surface area contributed by atoms with Crippen molar-refractivity contribution in [2.24, 2.45) is 0 Å². The predicted molar refractivity (Wildman–Crippen MR) is 101 cm³/mol. The molecule has 2 aromatic carbocycles. The number of esters is 1. The fraction of sp³-hybridized carbons (Fsp3) is 0.150. The molecule has 3 rings (SSSR count). The Bertz CT molecular complexity index is 1130. The van der Waals surface area contributed by atoms with E-state index < -0.39 is 21.8 Å². The lowest BCUT2D eigenvalue weighted by molar-refractivity contribution is -0.137. The lowest BCUT2D eigenvalue weighted by Gasteiger charge is -2.07. The predicted octanol–water partition coefficient (Wildman–Crippen LogP) is 3.90. The molecule has 0 bridgehead atoms. The molecule has 0 saturated carbocycles. The fourth-order valence-electron chi connectivity index (χ4n) is 2.70. The van der Waals surface area contributed by atoms with Gasteiger partial charge in [-0.1, -0.05) is 17.7 Å². The van der Waals surface area contributed by atoms with E-state index in [1.165, 1.54) is 48.7 Å². The molecule has 0 unspecified atom stereocenters. The lowest BCUT2D eigenvalue weighted by atomic mass is 10.1. The van der Waals surface area contributed by atoms with Gasteiger partial charge in [0.1, 0.15) is 5.82 Å². The van der Waals surface area contributed by atoms with Crippen molar-refractivity contribution in [1.29, 1.82) is 0 Å². The number of rotatable bonds is 5. The minimum atomic E-state index is -3.88. The summed E-state index contributed by atoms with van der Waals surface area (Å²) in [5.74, 6) is -1.06. The summed E-state index contributed by atoms with van der Waals surface area (Å²) < 4.78 is 45.8. The fourth-order valence-corrected chi connectivity index (χ4v) is 4.08. The number of fused-ring (bicyclic) bond motifs is 1. The van der Waals surface area contributed by atoms with Crippen molar-refractivity contribution in [2.45, 2.75) is 18.7 Å². The first-order valence-corrected chi connectivity index (χ1v) is 9.74. The standard InChI is InChI=1S/C20H18FNO4S/c1-3-26-20(23)11-6-15-13-22(19-10-7-16(21)12-18(15)19)27(24,25)17-8-4-14(2)5-9-17/h4-13H,3H2,1-2H3/b11-6+. The smallest absolute Gasteiger partial charge is 0.330 e. The number of carbonyl (C=O) groups is 1. The van der Waals surface area contributed by atoms with Gasteiger partial charge in [-0.3, -0.25) is 0 Å². The average molecular weight is 387 g/mol. The number of hydrogen-bond donors (Lipinski definition) is 0. The van der Waals surface area contributed by atoms with Crippen molar-refractivity contribution in [3.05, 3.63) is 71.7 Å². The third kappa shape index (κ3) is 3.78. The maximum Gasteiger partial charge on any atom is 0.330 e. The highest BCUT2D eigenvalue weighted by atomic mass is 32.2. The molecule has 140 valence electrons. The Labute approximate surface area is 156 Å². The van der Waals surface area contributed by atoms with Crippen molar-refractivity contribution in [3.8, 4) is 0 Å². The summed E-state index contributed by atoms with van der Waals surface area (Å²) >= 11 is 0. The SMILES string of the molecule is CCOC(=O)/C=C/c1cn(S(=O)(=O)c2ccc(C)cc2)c2ccc(F)cc12. The van der Waals surface area contributed by atoms with Gasteiger partial charge in [0.2, 0.25) is 0 Å². The monoisotopic (exact) mass is 387 g/mol. The molecular weight excluding hydrogens is 369 g/mol. The molecule has 0 aliphatic carbocycles. The minimum absolute atomic E-state index is 0.121. The molecule has 27 heavy (non-hydrogen) atoms. The van der Waals surface area contributed by atoms with Crippen molar-refractivity contribution in [3.63, 3.8) is 0 Å². The molecule has 0 fully saturated rings. The van der Waals surface area contributed by atoms with Gasteiger partial charge < -0.3 is 4.74 Å². The van der Waals surface area contributed by atoms with Crippen LogP contribution in [0.2, 0.25) is 0 Å². The van der Waals surface area contributed by atoms with E-state index in [4.69, 9.17) is 4.74 Å². The van der Waals surface area contributed by atoms with E-state index in [2.05, 4.69) is 0 Å². The quantitative estimate of drug-likeness (QED) is 0.492. The summed E-state index contributed by atoms with van der Waals surface area (Å²) in [5.41, 5.74) is 1.65. The molecule has 3 aromatic rings. The molecule has 0 N–H and O–H groups in total. The van der Waals surface area contributed by atoms with Gasteiger partial charge in [-0.25, -0.2) is 21.6 Å². The molecule has 0 spiro atoms. The van der Waals surface area contributed by atoms with Crippen LogP contribution in [0.15, 0.2) is 59.6 Å². The number of halogens is 1. The Morgan fingerprint density at radius 1 is 1.19 bits per heavy atom. The van der Waals surface area contributed by atoms with Crippen molar-refractivity contribution in [2.75, 3.05) is 6.61 Å². The van der Waals surface area contributed by atoms with Gasteiger partial charge in [0, 0.05) is 23.2 Å². The van der Waals surface area contributed by atoms with Crippen LogP contribution in [0.4, 0.5) is 4.39 Å². The number of benzene rings is 2. The Morgan fingerprint density at radius 2 is 1.89 bits per heavy atom. The van der Waals surface area contributed by atoms with Gasteiger partial charge in [0.15, 0.2) is 0 Å². The van der Waals surface area contributed by atoms with E-state index in [1.807, 2.05) is 6.92 Å². The number of ether oxygens (including phenoxy) is 1. The van der Waals surface area contributed by atoms with Crippen LogP contribution >= 0.6 is 0 Å². The van der Waals surface area contributed by atoms with Gasteiger partial charge >= 0.3 is 5.97 Å². The van der Waals surface area contributed by atoms with Crippen molar-refractivity contribution in [1.82, 2.24) is 3.97 Å². The average Bonchev–Trinajstić information content (AvgIpc) is 2.99. The van der Waals surface area contributed by atoms with E-state index in [1.54, 1.807) is 19.1 Å².